The summed E-state index contributed by atoms with van der Waals surface area (Å²) in [6.07, 6.45) is 0.203. The summed E-state index contributed by atoms with van der Waals surface area (Å²) < 4.78 is 5.43. The predicted molar refractivity (Wildman–Crippen MR) is 64.2 cm³/mol. The summed E-state index contributed by atoms with van der Waals surface area (Å²) in [6, 6.07) is 4.90. The molecule has 0 heterocycles. The number of phenolic OH excluding ortho intramolecular Hbond substituents is 1. The van der Waals surface area contributed by atoms with Crippen molar-refractivity contribution >= 4 is 21.9 Å². The van der Waals surface area contributed by atoms with Crippen molar-refractivity contribution in [1.29, 1.82) is 0 Å². The van der Waals surface area contributed by atoms with Gasteiger partial charge in [0.1, 0.15) is 5.75 Å². The average Bonchev–Trinajstić information content (AvgIpc) is 2.29. The van der Waals surface area contributed by atoms with E-state index in [2.05, 4.69) is 20.7 Å². The van der Waals surface area contributed by atoms with Crippen LogP contribution in [0, 0.1) is 0 Å². The minimum Gasteiger partial charge on any atom is -0.508 e. The molecule has 0 aliphatic heterocycles. The van der Waals surface area contributed by atoms with Crippen LogP contribution in [0.4, 0.5) is 0 Å². The lowest BCUT2D eigenvalue weighted by Crippen LogP contribution is -2.17. The minimum atomic E-state index is -0.314. The smallest absolute Gasteiger partial charge is 0.306 e. The third-order valence-electron chi connectivity index (χ3n) is 2.34. The molecule has 1 rings (SSSR count). The molecule has 0 saturated carbocycles. The maximum Gasteiger partial charge on any atom is 0.306 e. The molecular formula is C11H14BrNO3. The Morgan fingerprint density at radius 1 is 1.62 bits per heavy atom. The fourth-order valence-corrected chi connectivity index (χ4v) is 2.02. The number of methoxy groups -OCH3 is 1. The number of hydrogen-bond donors (Lipinski definition) is 2. The number of aromatic hydroxyl groups is 1. The van der Waals surface area contributed by atoms with E-state index in [1.165, 1.54) is 7.11 Å². The number of benzene rings is 1. The molecule has 1 aromatic carbocycles. The van der Waals surface area contributed by atoms with Crippen molar-refractivity contribution in [2.75, 3.05) is 13.7 Å². The zero-order valence-electron chi connectivity index (χ0n) is 8.94. The number of rotatable bonds is 4. The van der Waals surface area contributed by atoms with E-state index in [9.17, 15) is 9.90 Å². The molecule has 4 nitrogen and oxygen atoms in total. The Morgan fingerprint density at radius 3 is 2.88 bits per heavy atom. The van der Waals surface area contributed by atoms with Crippen LogP contribution in [0.1, 0.15) is 17.9 Å². The normalized spacial score (nSPS) is 12.2. The van der Waals surface area contributed by atoms with Gasteiger partial charge in [0.05, 0.1) is 13.5 Å². The van der Waals surface area contributed by atoms with Gasteiger partial charge < -0.3 is 15.6 Å². The van der Waals surface area contributed by atoms with Gasteiger partial charge in [-0.05, 0) is 30.3 Å². The van der Waals surface area contributed by atoms with Gasteiger partial charge >= 0.3 is 5.97 Å². The third-order valence-corrected chi connectivity index (χ3v) is 3.07. The number of nitrogens with two attached hydrogens (primary N) is 1. The van der Waals surface area contributed by atoms with Crippen LogP contribution in [0.2, 0.25) is 0 Å². The van der Waals surface area contributed by atoms with Crippen LogP contribution in [-0.4, -0.2) is 24.7 Å². The molecule has 0 aliphatic rings. The van der Waals surface area contributed by atoms with Crippen molar-refractivity contribution < 1.29 is 14.6 Å². The maximum absolute atomic E-state index is 11.2. The SMILES string of the molecule is COC(=O)CC(CN)c1cc(O)ccc1Br. The fourth-order valence-electron chi connectivity index (χ4n) is 1.45. The van der Waals surface area contributed by atoms with Crippen LogP contribution in [0.25, 0.3) is 0 Å². The summed E-state index contributed by atoms with van der Waals surface area (Å²) in [4.78, 5) is 11.2. The van der Waals surface area contributed by atoms with Crippen LogP contribution in [0.5, 0.6) is 5.75 Å². The number of phenols is 1. The second kappa shape index (κ2) is 5.86. The molecule has 1 atom stereocenters. The van der Waals surface area contributed by atoms with Gasteiger partial charge in [-0.1, -0.05) is 15.9 Å². The van der Waals surface area contributed by atoms with E-state index in [0.717, 1.165) is 10.0 Å². The molecule has 16 heavy (non-hydrogen) atoms. The molecule has 0 radical (unpaired) electrons. The van der Waals surface area contributed by atoms with E-state index in [0.29, 0.717) is 6.54 Å². The summed E-state index contributed by atoms with van der Waals surface area (Å²) in [5.74, 6) is -0.318. The molecule has 1 unspecified atom stereocenters. The lowest BCUT2D eigenvalue weighted by atomic mass is 9.96. The lowest BCUT2D eigenvalue weighted by molar-refractivity contribution is -0.141. The summed E-state index contributed by atoms with van der Waals surface area (Å²) >= 11 is 3.36. The highest BCUT2D eigenvalue weighted by Gasteiger charge is 2.17. The van der Waals surface area contributed by atoms with Gasteiger partial charge in [-0.25, -0.2) is 0 Å². The monoisotopic (exact) mass is 287 g/mol. The van der Waals surface area contributed by atoms with E-state index in [-0.39, 0.29) is 24.1 Å². The third kappa shape index (κ3) is 3.21. The highest BCUT2D eigenvalue weighted by Crippen LogP contribution is 2.30. The van der Waals surface area contributed by atoms with Crippen LogP contribution in [0.3, 0.4) is 0 Å². The van der Waals surface area contributed by atoms with E-state index < -0.39 is 0 Å². The number of carbonyl (C=O) groups is 1. The summed E-state index contributed by atoms with van der Waals surface area (Å²) in [5, 5.41) is 9.40. The number of halogens is 1. The summed E-state index contributed by atoms with van der Waals surface area (Å²) in [5.41, 5.74) is 6.43. The van der Waals surface area contributed by atoms with Gasteiger partial charge in [-0.15, -0.1) is 0 Å². The van der Waals surface area contributed by atoms with Gasteiger partial charge in [0, 0.05) is 10.4 Å². The number of esters is 1. The Morgan fingerprint density at radius 2 is 2.31 bits per heavy atom. The van der Waals surface area contributed by atoms with Crippen molar-refractivity contribution in [3.8, 4) is 5.75 Å². The first-order chi connectivity index (χ1) is 7.58. The molecule has 5 heteroatoms. The molecule has 0 aliphatic carbocycles. The first kappa shape index (κ1) is 13.0. The molecule has 88 valence electrons. The fraction of sp³-hybridized carbons (Fsp3) is 0.364. The molecule has 0 aromatic heterocycles. The van der Waals surface area contributed by atoms with E-state index in [1.54, 1.807) is 18.2 Å². The van der Waals surface area contributed by atoms with Crippen molar-refractivity contribution in [2.24, 2.45) is 5.73 Å². The largest absolute Gasteiger partial charge is 0.508 e. The molecule has 3 N–H and O–H groups in total. The van der Waals surface area contributed by atoms with Gasteiger partial charge in [-0.2, -0.15) is 0 Å². The number of ether oxygens (including phenoxy) is 1. The molecule has 0 saturated heterocycles. The number of carbonyl (C=O) groups excluding carboxylic acids is 1. The first-order valence-electron chi connectivity index (χ1n) is 4.83. The highest BCUT2D eigenvalue weighted by molar-refractivity contribution is 9.10. The predicted octanol–water partition coefficient (Wildman–Crippen LogP) is 1.76. The quantitative estimate of drug-likeness (QED) is 0.828. The van der Waals surface area contributed by atoms with E-state index in [4.69, 9.17) is 5.73 Å². The highest BCUT2D eigenvalue weighted by atomic mass is 79.9. The molecule has 1 aromatic rings. The van der Waals surface area contributed by atoms with Crippen LogP contribution in [-0.2, 0) is 9.53 Å². The summed E-state index contributed by atoms with van der Waals surface area (Å²) in [6.45, 7) is 0.317. The zero-order valence-corrected chi connectivity index (χ0v) is 10.5. The standard InChI is InChI=1S/C11H14BrNO3/c1-16-11(15)4-7(6-13)9-5-8(14)2-3-10(9)12/h2-3,5,7,14H,4,6,13H2,1H3. The lowest BCUT2D eigenvalue weighted by Gasteiger charge is -2.15. The van der Waals surface area contributed by atoms with Crippen molar-refractivity contribution in [3.05, 3.63) is 28.2 Å². The Labute approximate surface area is 103 Å². The Balaban J connectivity index is 2.94. The van der Waals surface area contributed by atoms with Gasteiger partial charge in [-0.3, -0.25) is 4.79 Å². The van der Waals surface area contributed by atoms with Gasteiger partial charge in [0.15, 0.2) is 0 Å². The zero-order chi connectivity index (χ0) is 12.1. The maximum atomic E-state index is 11.2. The second-order valence-electron chi connectivity index (χ2n) is 3.42. The van der Waals surface area contributed by atoms with Crippen molar-refractivity contribution in [2.45, 2.75) is 12.3 Å². The second-order valence-corrected chi connectivity index (χ2v) is 4.27. The van der Waals surface area contributed by atoms with Crippen LogP contribution >= 0.6 is 15.9 Å². The Bertz CT molecular complexity index is 381. The Kier molecular flexibility index (Phi) is 4.76. The molecule has 0 bridgehead atoms. The average molecular weight is 288 g/mol. The topological polar surface area (TPSA) is 72.5 Å². The van der Waals surface area contributed by atoms with Crippen LogP contribution < -0.4 is 5.73 Å². The summed E-state index contributed by atoms with van der Waals surface area (Å²) in [7, 11) is 1.34. The van der Waals surface area contributed by atoms with Crippen LogP contribution in [0.15, 0.2) is 22.7 Å². The molecule has 0 spiro atoms. The first-order valence-corrected chi connectivity index (χ1v) is 5.63. The Hall–Kier alpha value is -1.07. The van der Waals surface area contributed by atoms with E-state index in [1.807, 2.05) is 0 Å². The van der Waals surface area contributed by atoms with Gasteiger partial charge in [0.25, 0.3) is 0 Å². The minimum absolute atomic E-state index is 0.154. The number of hydrogen-bond acceptors (Lipinski definition) is 4. The molecular weight excluding hydrogens is 274 g/mol. The van der Waals surface area contributed by atoms with Crippen molar-refractivity contribution in [3.63, 3.8) is 0 Å². The van der Waals surface area contributed by atoms with Crippen molar-refractivity contribution in [1.82, 2.24) is 0 Å². The van der Waals surface area contributed by atoms with Gasteiger partial charge in [0.2, 0.25) is 0 Å². The van der Waals surface area contributed by atoms with E-state index >= 15 is 0 Å². The molecule has 0 amide bonds. The molecule has 0 fully saturated rings.